The number of carbonyl (C=O) groups excluding carboxylic acids is 2. The smallest absolute Gasteiger partial charge is 0.220 e. The molecule has 0 spiro atoms. The van der Waals surface area contributed by atoms with Crippen molar-refractivity contribution in [1.29, 1.82) is 0 Å². The van der Waals surface area contributed by atoms with Crippen molar-refractivity contribution in [3.05, 3.63) is 29.8 Å². The summed E-state index contributed by atoms with van der Waals surface area (Å²) in [6, 6.07) is 7.17. The molecule has 92 valence electrons. The minimum absolute atomic E-state index is 0.118. The van der Waals surface area contributed by atoms with Gasteiger partial charge in [-0.05, 0) is 31.0 Å². The molecular weight excluding hydrogens is 218 g/mol. The van der Waals surface area contributed by atoms with E-state index in [1.165, 1.54) is 0 Å². The summed E-state index contributed by atoms with van der Waals surface area (Å²) >= 11 is 0. The molecule has 4 heteroatoms. The van der Waals surface area contributed by atoms with Crippen molar-refractivity contribution in [1.82, 2.24) is 5.32 Å². The van der Waals surface area contributed by atoms with Gasteiger partial charge in [-0.1, -0.05) is 12.1 Å². The molecule has 0 aliphatic rings. The van der Waals surface area contributed by atoms with Crippen molar-refractivity contribution in [3.8, 4) is 5.75 Å². The maximum atomic E-state index is 11.4. The summed E-state index contributed by atoms with van der Waals surface area (Å²) in [5.41, 5.74) is 1.04. The van der Waals surface area contributed by atoms with Crippen LogP contribution in [0.3, 0.4) is 0 Å². The van der Waals surface area contributed by atoms with Gasteiger partial charge in [0.05, 0.1) is 13.2 Å². The second-order valence-electron chi connectivity index (χ2n) is 3.84. The molecule has 0 saturated carbocycles. The zero-order valence-corrected chi connectivity index (χ0v) is 10.1. The minimum atomic E-state index is -0.423. The van der Waals surface area contributed by atoms with Gasteiger partial charge in [-0.25, -0.2) is 0 Å². The highest BCUT2D eigenvalue weighted by Gasteiger charge is 2.06. The summed E-state index contributed by atoms with van der Waals surface area (Å²) in [7, 11) is 1.61. The lowest BCUT2D eigenvalue weighted by Gasteiger charge is -2.07. The first-order valence-electron chi connectivity index (χ1n) is 5.53. The van der Waals surface area contributed by atoms with Gasteiger partial charge in [0.15, 0.2) is 0 Å². The third kappa shape index (κ3) is 4.68. The van der Waals surface area contributed by atoms with Crippen LogP contribution in [-0.2, 0) is 16.0 Å². The van der Waals surface area contributed by atoms with E-state index in [0.717, 1.165) is 11.3 Å². The molecule has 1 rings (SSSR count). The van der Waals surface area contributed by atoms with Crippen LogP contribution in [-0.4, -0.2) is 25.3 Å². The third-order valence-electron chi connectivity index (χ3n) is 2.37. The van der Waals surface area contributed by atoms with E-state index < -0.39 is 6.04 Å². The Morgan fingerprint density at radius 1 is 1.53 bits per heavy atom. The summed E-state index contributed by atoms with van der Waals surface area (Å²) in [5.74, 6) is 0.664. The quantitative estimate of drug-likeness (QED) is 0.757. The van der Waals surface area contributed by atoms with E-state index in [9.17, 15) is 9.59 Å². The number of rotatable bonds is 6. The number of ether oxygens (including phenoxy) is 1. The van der Waals surface area contributed by atoms with Gasteiger partial charge in [0, 0.05) is 6.42 Å². The molecule has 1 aromatic rings. The van der Waals surface area contributed by atoms with Gasteiger partial charge < -0.3 is 14.8 Å². The Kier molecular flexibility index (Phi) is 5.20. The Morgan fingerprint density at radius 2 is 2.29 bits per heavy atom. The van der Waals surface area contributed by atoms with E-state index in [-0.39, 0.29) is 5.91 Å². The first kappa shape index (κ1) is 13.2. The van der Waals surface area contributed by atoms with Crippen molar-refractivity contribution in [3.63, 3.8) is 0 Å². The SMILES string of the molecule is COc1cccc(CCC(=O)N[C@@H](C)C=O)c1. The molecule has 0 unspecified atom stereocenters. The van der Waals surface area contributed by atoms with Gasteiger partial charge in [0.1, 0.15) is 12.0 Å². The molecule has 1 atom stereocenters. The minimum Gasteiger partial charge on any atom is -0.497 e. The number of nitrogens with one attached hydrogen (secondary N) is 1. The average molecular weight is 235 g/mol. The maximum Gasteiger partial charge on any atom is 0.220 e. The van der Waals surface area contributed by atoms with Crippen LogP contribution < -0.4 is 10.1 Å². The van der Waals surface area contributed by atoms with Crippen LogP contribution in [0.4, 0.5) is 0 Å². The topological polar surface area (TPSA) is 55.4 Å². The van der Waals surface area contributed by atoms with Crippen LogP contribution in [0, 0.1) is 0 Å². The number of benzene rings is 1. The molecule has 0 fully saturated rings. The van der Waals surface area contributed by atoms with E-state index in [2.05, 4.69) is 5.32 Å². The van der Waals surface area contributed by atoms with Gasteiger partial charge in [-0.15, -0.1) is 0 Å². The molecule has 17 heavy (non-hydrogen) atoms. The Hall–Kier alpha value is -1.84. The van der Waals surface area contributed by atoms with E-state index in [0.29, 0.717) is 19.1 Å². The second-order valence-corrected chi connectivity index (χ2v) is 3.84. The number of amides is 1. The zero-order valence-electron chi connectivity index (χ0n) is 10.1. The van der Waals surface area contributed by atoms with Crippen LogP contribution in [0.5, 0.6) is 5.75 Å². The summed E-state index contributed by atoms with van der Waals surface area (Å²) in [4.78, 5) is 21.8. The number of hydrogen-bond donors (Lipinski definition) is 1. The summed E-state index contributed by atoms with van der Waals surface area (Å²) in [6.07, 6.45) is 1.71. The van der Waals surface area contributed by atoms with Gasteiger partial charge >= 0.3 is 0 Å². The molecule has 1 aromatic carbocycles. The fraction of sp³-hybridized carbons (Fsp3) is 0.385. The van der Waals surface area contributed by atoms with Gasteiger partial charge in [-0.3, -0.25) is 4.79 Å². The average Bonchev–Trinajstić information content (AvgIpc) is 2.36. The van der Waals surface area contributed by atoms with Gasteiger partial charge in [-0.2, -0.15) is 0 Å². The molecule has 0 radical (unpaired) electrons. The van der Waals surface area contributed by atoms with Gasteiger partial charge in [0.25, 0.3) is 0 Å². The predicted octanol–water partition coefficient (Wildman–Crippen LogP) is 1.33. The standard InChI is InChI=1S/C13H17NO3/c1-10(9-15)14-13(16)7-6-11-4-3-5-12(8-11)17-2/h3-5,8-10H,6-7H2,1-2H3,(H,14,16)/t10-/m0/s1. The first-order chi connectivity index (χ1) is 8.15. The lowest BCUT2D eigenvalue weighted by molar-refractivity contribution is -0.123. The Morgan fingerprint density at radius 3 is 2.94 bits per heavy atom. The number of methoxy groups -OCH3 is 1. The van der Waals surface area contributed by atoms with Crippen molar-refractivity contribution in [2.24, 2.45) is 0 Å². The van der Waals surface area contributed by atoms with Crippen LogP contribution >= 0.6 is 0 Å². The molecule has 0 saturated heterocycles. The van der Waals surface area contributed by atoms with Crippen molar-refractivity contribution in [2.45, 2.75) is 25.8 Å². The molecule has 0 aromatic heterocycles. The highest BCUT2D eigenvalue weighted by molar-refractivity contribution is 5.79. The molecule has 1 amide bonds. The van der Waals surface area contributed by atoms with E-state index in [1.807, 2.05) is 24.3 Å². The fourth-order valence-electron chi connectivity index (χ4n) is 1.45. The van der Waals surface area contributed by atoms with Crippen LogP contribution in [0.25, 0.3) is 0 Å². The molecule has 0 aliphatic carbocycles. The first-order valence-corrected chi connectivity index (χ1v) is 5.53. The number of aldehydes is 1. The highest BCUT2D eigenvalue weighted by Crippen LogP contribution is 2.13. The van der Waals surface area contributed by atoms with E-state index in [1.54, 1.807) is 14.0 Å². The summed E-state index contributed by atoms with van der Waals surface area (Å²) < 4.78 is 5.10. The Balaban J connectivity index is 2.44. The highest BCUT2D eigenvalue weighted by atomic mass is 16.5. The van der Waals surface area contributed by atoms with Crippen LogP contribution in [0.15, 0.2) is 24.3 Å². The Labute approximate surface area is 101 Å². The molecule has 1 N–H and O–H groups in total. The fourth-order valence-corrected chi connectivity index (χ4v) is 1.45. The lowest BCUT2D eigenvalue weighted by Crippen LogP contribution is -2.33. The monoisotopic (exact) mass is 235 g/mol. The van der Waals surface area contributed by atoms with Crippen LogP contribution in [0.1, 0.15) is 18.9 Å². The van der Waals surface area contributed by atoms with Crippen LogP contribution in [0.2, 0.25) is 0 Å². The van der Waals surface area contributed by atoms with Gasteiger partial charge in [0.2, 0.25) is 5.91 Å². The zero-order chi connectivity index (χ0) is 12.7. The number of carbonyl (C=O) groups is 2. The molecule has 4 nitrogen and oxygen atoms in total. The van der Waals surface area contributed by atoms with Crippen molar-refractivity contribution >= 4 is 12.2 Å². The van der Waals surface area contributed by atoms with E-state index >= 15 is 0 Å². The second kappa shape index (κ2) is 6.68. The number of aryl methyl sites for hydroxylation is 1. The van der Waals surface area contributed by atoms with Crippen molar-refractivity contribution < 1.29 is 14.3 Å². The normalized spacial score (nSPS) is 11.6. The molecule has 0 aliphatic heterocycles. The molecular formula is C13H17NO3. The van der Waals surface area contributed by atoms with E-state index in [4.69, 9.17) is 4.74 Å². The summed E-state index contributed by atoms with van der Waals surface area (Å²) in [5, 5.41) is 2.59. The molecule has 0 bridgehead atoms. The number of hydrogen-bond acceptors (Lipinski definition) is 3. The lowest BCUT2D eigenvalue weighted by atomic mass is 10.1. The predicted molar refractivity (Wildman–Crippen MR) is 65.0 cm³/mol. The molecule has 0 heterocycles. The third-order valence-corrected chi connectivity index (χ3v) is 2.37. The van der Waals surface area contributed by atoms with Crippen molar-refractivity contribution in [2.75, 3.05) is 7.11 Å². The maximum absolute atomic E-state index is 11.4. The summed E-state index contributed by atoms with van der Waals surface area (Å²) in [6.45, 7) is 1.65. The Bertz CT molecular complexity index is 390. The largest absolute Gasteiger partial charge is 0.497 e.